The second kappa shape index (κ2) is 9.58. The van der Waals surface area contributed by atoms with Crippen molar-refractivity contribution in [3.05, 3.63) is 0 Å². The van der Waals surface area contributed by atoms with Crippen LogP contribution in [0.15, 0.2) is 0 Å². The van der Waals surface area contributed by atoms with Gasteiger partial charge in [-0.3, -0.25) is 4.79 Å². The second-order valence-corrected chi connectivity index (χ2v) is 5.23. The summed E-state index contributed by atoms with van der Waals surface area (Å²) < 4.78 is 5.34. The van der Waals surface area contributed by atoms with Gasteiger partial charge in [0.1, 0.15) is 0 Å². The van der Waals surface area contributed by atoms with Gasteiger partial charge in [0.25, 0.3) is 0 Å². The molecule has 0 aliphatic carbocycles. The first-order valence-electron chi connectivity index (χ1n) is 7.45. The zero-order valence-electron chi connectivity index (χ0n) is 12.3. The number of carbonyl (C=O) groups excluding carboxylic acids is 1. The third-order valence-corrected chi connectivity index (χ3v) is 3.46. The van der Waals surface area contributed by atoms with Gasteiger partial charge in [-0.2, -0.15) is 0 Å². The van der Waals surface area contributed by atoms with Crippen molar-refractivity contribution in [3.63, 3.8) is 0 Å². The standard InChI is InChI=1S/C14H26N2O4/c1-2-9-20-10-3-6-15-14(19)16-7-4-12(5-8-16)11-13(17)18/h12H,2-11H2,1H3,(H,15,19)(H,17,18). The predicted molar refractivity (Wildman–Crippen MR) is 75.7 cm³/mol. The van der Waals surface area contributed by atoms with Gasteiger partial charge in [-0.1, -0.05) is 6.92 Å². The van der Waals surface area contributed by atoms with Crippen LogP contribution < -0.4 is 5.32 Å². The van der Waals surface area contributed by atoms with Crippen molar-refractivity contribution in [2.75, 3.05) is 32.8 Å². The Labute approximate surface area is 120 Å². The number of carboxylic acid groups (broad SMARTS) is 1. The van der Waals surface area contributed by atoms with Gasteiger partial charge in [-0.05, 0) is 31.6 Å². The van der Waals surface area contributed by atoms with Gasteiger partial charge in [0.05, 0.1) is 0 Å². The van der Waals surface area contributed by atoms with Gasteiger partial charge in [0, 0.05) is 39.3 Å². The van der Waals surface area contributed by atoms with Crippen molar-refractivity contribution in [1.29, 1.82) is 0 Å². The number of urea groups is 1. The molecule has 0 bridgehead atoms. The molecule has 0 aromatic heterocycles. The lowest BCUT2D eigenvalue weighted by Gasteiger charge is -2.31. The SMILES string of the molecule is CCCOCCCNC(=O)N1CCC(CC(=O)O)CC1. The number of likely N-dealkylation sites (tertiary alicyclic amines) is 1. The third-order valence-electron chi connectivity index (χ3n) is 3.46. The highest BCUT2D eigenvalue weighted by molar-refractivity contribution is 5.74. The fourth-order valence-electron chi connectivity index (χ4n) is 2.31. The zero-order chi connectivity index (χ0) is 14.8. The number of aliphatic carboxylic acids is 1. The fraction of sp³-hybridized carbons (Fsp3) is 0.857. The molecule has 0 aromatic carbocycles. The molecule has 1 saturated heterocycles. The number of hydrogen-bond acceptors (Lipinski definition) is 3. The van der Waals surface area contributed by atoms with Gasteiger partial charge < -0.3 is 20.1 Å². The van der Waals surface area contributed by atoms with Crippen molar-refractivity contribution >= 4 is 12.0 Å². The summed E-state index contributed by atoms with van der Waals surface area (Å²) in [5.41, 5.74) is 0. The van der Waals surface area contributed by atoms with Crippen molar-refractivity contribution in [3.8, 4) is 0 Å². The van der Waals surface area contributed by atoms with Crippen molar-refractivity contribution in [2.24, 2.45) is 5.92 Å². The summed E-state index contributed by atoms with van der Waals surface area (Å²) in [6.07, 6.45) is 3.60. The largest absolute Gasteiger partial charge is 0.481 e. The second-order valence-electron chi connectivity index (χ2n) is 5.23. The molecule has 0 saturated carbocycles. The summed E-state index contributed by atoms with van der Waals surface area (Å²) in [5.74, 6) is -0.543. The van der Waals surface area contributed by atoms with Crippen LogP contribution in [0, 0.1) is 5.92 Å². The number of carbonyl (C=O) groups is 2. The van der Waals surface area contributed by atoms with Crippen LogP contribution in [0.1, 0.15) is 39.0 Å². The molecular weight excluding hydrogens is 260 g/mol. The molecule has 0 radical (unpaired) electrons. The van der Waals surface area contributed by atoms with Gasteiger partial charge in [0.2, 0.25) is 0 Å². The summed E-state index contributed by atoms with van der Waals surface area (Å²) in [6, 6.07) is -0.0470. The summed E-state index contributed by atoms with van der Waals surface area (Å²) in [6.45, 7) is 5.43. The number of amides is 2. The van der Waals surface area contributed by atoms with Gasteiger partial charge >= 0.3 is 12.0 Å². The lowest BCUT2D eigenvalue weighted by molar-refractivity contribution is -0.138. The minimum Gasteiger partial charge on any atom is -0.481 e. The van der Waals surface area contributed by atoms with E-state index in [0.29, 0.717) is 26.2 Å². The molecule has 0 aromatic rings. The minimum absolute atomic E-state index is 0.0470. The average Bonchev–Trinajstić information content (AvgIpc) is 2.42. The quantitative estimate of drug-likeness (QED) is 0.666. The maximum Gasteiger partial charge on any atom is 0.317 e. The van der Waals surface area contributed by atoms with E-state index in [1.165, 1.54) is 0 Å². The van der Waals surface area contributed by atoms with Crippen LogP contribution in [0.3, 0.4) is 0 Å². The average molecular weight is 286 g/mol. The Morgan fingerprint density at radius 3 is 2.60 bits per heavy atom. The summed E-state index contributed by atoms with van der Waals surface area (Å²) >= 11 is 0. The Kier molecular flexibility index (Phi) is 8.02. The van der Waals surface area contributed by atoms with E-state index in [4.69, 9.17) is 9.84 Å². The van der Waals surface area contributed by atoms with Gasteiger partial charge in [-0.25, -0.2) is 4.79 Å². The topological polar surface area (TPSA) is 78.9 Å². The highest BCUT2D eigenvalue weighted by Gasteiger charge is 2.23. The Balaban J connectivity index is 2.08. The van der Waals surface area contributed by atoms with Crippen LogP contribution in [0.2, 0.25) is 0 Å². The van der Waals surface area contributed by atoms with Crippen molar-refractivity contribution in [1.82, 2.24) is 10.2 Å². The first kappa shape index (κ1) is 16.8. The highest BCUT2D eigenvalue weighted by atomic mass is 16.5. The molecule has 0 spiro atoms. The van der Waals surface area contributed by atoms with Crippen LogP contribution >= 0.6 is 0 Å². The van der Waals surface area contributed by atoms with E-state index in [1.54, 1.807) is 4.90 Å². The first-order valence-corrected chi connectivity index (χ1v) is 7.45. The lowest BCUT2D eigenvalue weighted by atomic mass is 9.94. The number of nitrogens with zero attached hydrogens (tertiary/aromatic N) is 1. The molecule has 1 heterocycles. The van der Waals surface area contributed by atoms with E-state index in [9.17, 15) is 9.59 Å². The molecular formula is C14H26N2O4. The molecule has 6 heteroatoms. The number of piperidine rings is 1. The predicted octanol–water partition coefficient (Wildman–Crippen LogP) is 1.70. The van der Waals surface area contributed by atoms with E-state index in [0.717, 1.165) is 32.3 Å². The van der Waals surface area contributed by atoms with E-state index >= 15 is 0 Å². The Morgan fingerprint density at radius 2 is 2.00 bits per heavy atom. The molecule has 116 valence electrons. The van der Waals surface area contributed by atoms with Crippen LogP contribution in [-0.4, -0.2) is 54.9 Å². The number of nitrogens with one attached hydrogen (secondary N) is 1. The maximum atomic E-state index is 11.9. The van der Waals surface area contributed by atoms with Crippen molar-refractivity contribution < 1.29 is 19.4 Å². The number of hydrogen-bond donors (Lipinski definition) is 2. The number of ether oxygens (including phenoxy) is 1. The third kappa shape index (κ3) is 6.75. The minimum atomic E-state index is -0.750. The highest BCUT2D eigenvalue weighted by Crippen LogP contribution is 2.20. The normalized spacial score (nSPS) is 16.1. The van der Waals surface area contributed by atoms with Crippen LogP contribution in [0.5, 0.6) is 0 Å². The summed E-state index contributed by atoms with van der Waals surface area (Å²) in [7, 11) is 0. The molecule has 20 heavy (non-hydrogen) atoms. The first-order chi connectivity index (χ1) is 9.63. The van der Waals surface area contributed by atoms with Crippen molar-refractivity contribution in [2.45, 2.75) is 39.0 Å². The molecule has 1 aliphatic rings. The lowest BCUT2D eigenvalue weighted by Crippen LogP contribution is -2.45. The Bertz CT molecular complexity index is 302. The fourth-order valence-corrected chi connectivity index (χ4v) is 2.31. The van der Waals surface area contributed by atoms with Crippen LogP contribution in [0.4, 0.5) is 4.79 Å². The van der Waals surface area contributed by atoms with Gasteiger partial charge in [-0.15, -0.1) is 0 Å². The van der Waals surface area contributed by atoms with Crippen LogP contribution in [-0.2, 0) is 9.53 Å². The molecule has 0 atom stereocenters. The molecule has 1 fully saturated rings. The maximum absolute atomic E-state index is 11.9. The zero-order valence-corrected chi connectivity index (χ0v) is 12.3. The summed E-state index contributed by atoms with van der Waals surface area (Å²) in [4.78, 5) is 24.3. The monoisotopic (exact) mass is 286 g/mol. The molecule has 0 unspecified atom stereocenters. The molecule has 2 N–H and O–H groups in total. The van der Waals surface area contributed by atoms with E-state index in [2.05, 4.69) is 12.2 Å². The molecule has 1 aliphatic heterocycles. The molecule has 2 amide bonds. The Morgan fingerprint density at radius 1 is 1.30 bits per heavy atom. The van der Waals surface area contributed by atoms with Crippen LogP contribution in [0.25, 0.3) is 0 Å². The summed E-state index contributed by atoms with van der Waals surface area (Å²) in [5, 5.41) is 11.6. The van der Waals surface area contributed by atoms with E-state index in [-0.39, 0.29) is 18.4 Å². The smallest absolute Gasteiger partial charge is 0.317 e. The molecule has 6 nitrogen and oxygen atoms in total. The van der Waals surface area contributed by atoms with E-state index < -0.39 is 5.97 Å². The molecule has 1 rings (SSSR count). The number of carboxylic acids is 1. The Hall–Kier alpha value is -1.30. The van der Waals surface area contributed by atoms with E-state index in [1.807, 2.05) is 0 Å². The number of rotatable bonds is 8. The van der Waals surface area contributed by atoms with Gasteiger partial charge in [0.15, 0.2) is 0 Å².